The lowest BCUT2D eigenvalue weighted by atomic mass is 9.86. The van der Waals surface area contributed by atoms with Crippen LogP contribution in [0.15, 0.2) is 12.1 Å². The molecule has 1 aliphatic rings. The molecule has 6 nitrogen and oxygen atoms in total. The summed E-state index contributed by atoms with van der Waals surface area (Å²) >= 11 is 0. The van der Waals surface area contributed by atoms with Gasteiger partial charge in [-0.05, 0) is 31.9 Å². The van der Waals surface area contributed by atoms with Crippen LogP contribution in [0.2, 0.25) is 0 Å². The van der Waals surface area contributed by atoms with Crippen molar-refractivity contribution >= 4 is 5.91 Å². The maximum atomic E-state index is 11.3. The van der Waals surface area contributed by atoms with Gasteiger partial charge in [-0.1, -0.05) is 6.42 Å². The molecule has 104 valence electrons. The number of rotatable bonds is 4. The van der Waals surface area contributed by atoms with Crippen molar-refractivity contribution in [2.75, 3.05) is 13.6 Å². The van der Waals surface area contributed by atoms with Gasteiger partial charge in [0.25, 0.3) is 5.91 Å². The topological polar surface area (TPSA) is 90.1 Å². The summed E-state index contributed by atoms with van der Waals surface area (Å²) < 4.78 is 5.84. The van der Waals surface area contributed by atoms with E-state index in [0.29, 0.717) is 18.3 Å². The van der Waals surface area contributed by atoms with Crippen molar-refractivity contribution in [3.63, 3.8) is 0 Å². The van der Waals surface area contributed by atoms with Gasteiger partial charge in [0.1, 0.15) is 6.10 Å². The molecule has 0 radical (unpaired) electrons. The minimum absolute atomic E-state index is 0.110. The van der Waals surface area contributed by atoms with E-state index in [1.807, 2.05) is 0 Å². The molecule has 2 atom stereocenters. The molecule has 0 saturated heterocycles. The first-order valence-electron chi connectivity index (χ1n) is 6.67. The molecule has 1 heterocycles. The number of nitrogens with zero attached hydrogens (tertiary/aromatic N) is 2. The summed E-state index contributed by atoms with van der Waals surface area (Å²) in [5, 5.41) is 10.3. The Morgan fingerprint density at radius 2 is 2.21 bits per heavy atom. The number of ether oxygens (including phenoxy) is 1. The van der Waals surface area contributed by atoms with E-state index in [4.69, 9.17) is 10.5 Å². The van der Waals surface area contributed by atoms with Crippen LogP contribution in [0.5, 0.6) is 5.88 Å². The SMILES string of the molecule is CNC(=O)c1ccc(OC2CCCCC2CN)nn1. The van der Waals surface area contributed by atoms with Crippen LogP contribution in [0.25, 0.3) is 0 Å². The van der Waals surface area contributed by atoms with E-state index in [2.05, 4.69) is 15.5 Å². The predicted octanol–water partition coefficient (Wildman–Crippen LogP) is 0.732. The van der Waals surface area contributed by atoms with Crippen LogP contribution in [-0.4, -0.2) is 35.8 Å². The molecule has 1 aliphatic carbocycles. The Balaban J connectivity index is 2.00. The van der Waals surface area contributed by atoms with Crippen LogP contribution in [-0.2, 0) is 0 Å². The Hall–Kier alpha value is -1.69. The molecule has 2 rings (SSSR count). The number of hydrogen-bond acceptors (Lipinski definition) is 5. The minimum Gasteiger partial charge on any atom is -0.473 e. The molecule has 1 fully saturated rings. The zero-order valence-electron chi connectivity index (χ0n) is 11.1. The summed E-state index contributed by atoms with van der Waals surface area (Å²) in [4.78, 5) is 11.3. The Labute approximate surface area is 112 Å². The third-order valence-corrected chi connectivity index (χ3v) is 3.51. The van der Waals surface area contributed by atoms with Gasteiger partial charge in [0.05, 0.1) is 0 Å². The van der Waals surface area contributed by atoms with E-state index in [-0.39, 0.29) is 17.7 Å². The number of aromatic nitrogens is 2. The van der Waals surface area contributed by atoms with Crippen LogP contribution in [0.4, 0.5) is 0 Å². The third-order valence-electron chi connectivity index (χ3n) is 3.51. The minimum atomic E-state index is -0.253. The Morgan fingerprint density at radius 3 is 2.84 bits per heavy atom. The van der Waals surface area contributed by atoms with Gasteiger partial charge in [-0.15, -0.1) is 10.2 Å². The van der Waals surface area contributed by atoms with Crippen molar-refractivity contribution in [2.24, 2.45) is 11.7 Å². The average Bonchev–Trinajstić information content (AvgIpc) is 2.48. The van der Waals surface area contributed by atoms with E-state index < -0.39 is 0 Å². The summed E-state index contributed by atoms with van der Waals surface area (Å²) in [5.74, 6) is 0.587. The summed E-state index contributed by atoms with van der Waals surface area (Å²) in [6.07, 6.45) is 4.58. The normalized spacial score (nSPS) is 22.8. The molecule has 2 unspecified atom stereocenters. The van der Waals surface area contributed by atoms with Gasteiger partial charge in [0.15, 0.2) is 5.69 Å². The first kappa shape index (κ1) is 13.7. The largest absolute Gasteiger partial charge is 0.473 e. The molecule has 19 heavy (non-hydrogen) atoms. The lowest BCUT2D eigenvalue weighted by molar-refractivity contribution is 0.0904. The molecular weight excluding hydrogens is 244 g/mol. The summed E-state index contributed by atoms with van der Waals surface area (Å²) in [7, 11) is 1.56. The first-order chi connectivity index (χ1) is 9.24. The zero-order chi connectivity index (χ0) is 13.7. The molecule has 0 aromatic carbocycles. The number of nitrogens with one attached hydrogen (secondary N) is 1. The quantitative estimate of drug-likeness (QED) is 0.836. The Kier molecular flexibility index (Phi) is 4.68. The van der Waals surface area contributed by atoms with E-state index in [0.717, 1.165) is 19.3 Å². The van der Waals surface area contributed by atoms with Crippen LogP contribution in [0, 0.1) is 5.92 Å². The van der Waals surface area contributed by atoms with Crippen molar-refractivity contribution in [2.45, 2.75) is 31.8 Å². The monoisotopic (exact) mass is 264 g/mol. The molecule has 0 aliphatic heterocycles. The summed E-state index contributed by atoms with van der Waals surface area (Å²) in [6.45, 7) is 0.633. The van der Waals surface area contributed by atoms with E-state index in [1.165, 1.54) is 6.42 Å². The Morgan fingerprint density at radius 1 is 1.42 bits per heavy atom. The van der Waals surface area contributed by atoms with Crippen LogP contribution < -0.4 is 15.8 Å². The first-order valence-corrected chi connectivity index (χ1v) is 6.67. The average molecular weight is 264 g/mol. The number of nitrogens with two attached hydrogens (primary N) is 1. The number of carbonyl (C=O) groups excluding carboxylic acids is 1. The maximum absolute atomic E-state index is 11.3. The molecule has 3 N–H and O–H groups in total. The lowest BCUT2D eigenvalue weighted by Gasteiger charge is -2.30. The van der Waals surface area contributed by atoms with Gasteiger partial charge in [-0.3, -0.25) is 4.79 Å². The van der Waals surface area contributed by atoms with Crippen LogP contribution in [0.3, 0.4) is 0 Å². The summed E-state index contributed by atoms with van der Waals surface area (Å²) in [5.41, 5.74) is 6.05. The van der Waals surface area contributed by atoms with Gasteiger partial charge < -0.3 is 15.8 Å². The molecule has 6 heteroatoms. The van der Waals surface area contributed by atoms with Crippen LogP contribution in [0.1, 0.15) is 36.2 Å². The van der Waals surface area contributed by atoms with Crippen molar-refractivity contribution in [3.8, 4) is 5.88 Å². The lowest BCUT2D eigenvalue weighted by Crippen LogP contribution is -2.35. The highest BCUT2D eigenvalue weighted by molar-refractivity contribution is 5.91. The van der Waals surface area contributed by atoms with Gasteiger partial charge in [0, 0.05) is 19.0 Å². The second-order valence-corrected chi connectivity index (χ2v) is 4.77. The second-order valence-electron chi connectivity index (χ2n) is 4.77. The Bertz CT molecular complexity index is 421. The fraction of sp³-hybridized carbons (Fsp3) is 0.615. The van der Waals surface area contributed by atoms with Crippen LogP contribution >= 0.6 is 0 Å². The van der Waals surface area contributed by atoms with E-state index >= 15 is 0 Å². The zero-order valence-corrected chi connectivity index (χ0v) is 11.1. The van der Waals surface area contributed by atoms with E-state index in [1.54, 1.807) is 19.2 Å². The highest BCUT2D eigenvalue weighted by Gasteiger charge is 2.26. The smallest absolute Gasteiger partial charge is 0.271 e. The van der Waals surface area contributed by atoms with E-state index in [9.17, 15) is 4.79 Å². The molecule has 1 amide bonds. The number of hydrogen-bond donors (Lipinski definition) is 2. The summed E-state index contributed by atoms with van der Waals surface area (Å²) in [6, 6.07) is 3.29. The molecule has 1 aromatic rings. The molecule has 1 saturated carbocycles. The van der Waals surface area contributed by atoms with Crippen molar-refractivity contribution in [3.05, 3.63) is 17.8 Å². The second kappa shape index (κ2) is 6.47. The highest BCUT2D eigenvalue weighted by Crippen LogP contribution is 2.26. The van der Waals surface area contributed by atoms with Gasteiger partial charge >= 0.3 is 0 Å². The van der Waals surface area contributed by atoms with Crippen molar-refractivity contribution < 1.29 is 9.53 Å². The van der Waals surface area contributed by atoms with Gasteiger partial charge in [-0.25, -0.2) is 0 Å². The third kappa shape index (κ3) is 3.41. The maximum Gasteiger partial charge on any atom is 0.271 e. The predicted molar refractivity (Wildman–Crippen MR) is 70.9 cm³/mol. The standard InChI is InChI=1S/C13H20N4O2/c1-15-13(18)10-6-7-12(17-16-10)19-11-5-3-2-4-9(11)8-14/h6-7,9,11H,2-5,8,14H2,1H3,(H,15,18). The molecule has 0 bridgehead atoms. The number of carbonyl (C=O) groups is 1. The molecule has 0 spiro atoms. The fourth-order valence-electron chi connectivity index (χ4n) is 2.39. The highest BCUT2D eigenvalue weighted by atomic mass is 16.5. The van der Waals surface area contributed by atoms with Gasteiger partial charge in [-0.2, -0.15) is 0 Å². The fourth-order valence-corrected chi connectivity index (χ4v) is 2.39. The molecular formula is C13H20N4O2. The van der Waals surface area contributed by atoms with Crippen molar-refractivity contribution in [1.82, 2.24) is 15.5 Å². The van der Waals surface area contributed by atoms with Gasteiger partial charge in [0.2, 0.25) is 5.88 Å². The van der Waals surface area contributed by atoms with Crippen molar-refractivity contribution in [1.29, 1.82) is 0 Å². The number of amides is 1. The molecule has 1 aromatic heterocycles.